The van der Waals surface area contributed by atoms with Crippen LogP contribution < -0.4 is 10.1 Å². The molecule has 0 radical (unpaired) electrons. The summed E-state index contributed by atoms with van der Waals surface area (Å²) in [5.41, 5.74) is -0.324. The molecule has 2 aromatic carbocycles. The molecular weight excluding hydrogens is 907 g/mol. The Balaban J connectivity index is 1.37. The van der Waals surface area contributed by atoms with Gasteiger partial charge in [0.05, 0.1) is 58.5 Å². The second-order valence-electron chi connectivity index (χ2n) is 21.9. The van der Waals surface area contributed by atoms with Gasteiger partial charge in [0.15, 0.2) is 5.75 Å². The van der Waals surface area contributed by atoms with Crippen LogP contribution in [0.15, 0.2) is 41.2 Å². The van der Waals surface area contributed by atoms with Crippen molar-refractivity contribution < 1.29 is 58.9 Å². The standard InChI is InChI=1S/C56H79N3O12/c1-11-12-13-14-15-16-21-59(56-26-37-23-38(27-56)25-39(24-37)28-56)57-29-40-45-50(65)43-42(49(40)64)44-52(35(7)48(43)63)71-55(9,53(44)66)69-22-20-41(68-10)32(4)51(70-36(8)60)34(6)47(62)33(5)46(61)30(2)18-17-19-31(3)54(67)58-45/h17-20,22,29-30,32-34,37-39,41,46-47,51,61-65H,11-16,21,23-28H2,1-10H3,(H,58,67)/b18-17+,22-20-,31-19?,57-29+. The maximum atomic E-state index is 14.8. The van der Waals surface area contributed by atoms with Crippen LogP contribution in [0.1, 0.15) is 154 Å². The number of hydrogen-bond donors (Lipinski definition) is 6. The van der Waals surface area contributed by atoms with Crippen molar-refractivity contribution in [3.05, 3.63) is 52.8 Å². The molecule has 3 aliphatic heterocycles. The summed E-state index contributed by atoms with van der Waals surface area (Å²) in [7, 11) is 1.46. The average Bonchev–Trinajstić information content (AvgIpc) is 3.59. The molecule has 4 aliphatic carbocycles. The van der Waals surface area contributed by atoms with Crippen molar-refractivity contribution in [2.45, 2.75) is 175 Å². The van der Waals surface area contributed by atoms with E-state index in [2.05, 4.69) is 17.2 Å². The number of aliphatic hydroxyl groups is 2. The van der Waals surface area contributed by atoms with Crippen LogP contribution in [0.2, 0.25) is 0 Å². The lowest BCUT2D eigenvalue weighted by Crippen LogP contribution is -2.58. The molecule has 9 atom stereocenters. The van der Waals surface area contributed by atoms with E-state index in [-0.39, 0.29) is 50.0 Å². The first kappa shape index (κ1) is 53.7. The number of aromatic hydroxyl groups is 3. The number of Topliss-reactive ketones (excluding diaryl/α,β-unsaturated/α-hetero) is 1. The number of nitrogens with one attached hydrogen (secondary N) is 1. The van der Waals surface area contributed by atoms with E-state index >= 15 is 0 Å². The SMILES string of the molecule is CCCCCCCCN(/N=C/c1c2c(O)c3c(O)c(C)c4c(c3c1O)C(=O)C(C)(O/C=C\C(OC)C(C)C(OC(C)=O)C(C)C(O)C(C)C(O)C(C)/C=C/C=C(C)C(=O)N2)O4)C12CC3CC(CC(C3)C1)C2. The Bertz CT molecular complexity index is 2410. The van der Waals surface area contributed by atoms with Crippen LogP contribution in [0.3, 0.4) is 0 Å². The van der Waals surface area contributed by atoms with Crippen LogP contribution in [0.25, 0.3) is 10.8 Å². The molecule has 15 nitrogen and oxygen atoms in total. The van der Waals surface area contributed by atoms with Gasteiger partial charge in [-0.3, -0.25) is 19.4 Å². The monoisotopic (exact) mass is 986 g/mol. The lowest BCUT2D eigenvalue weighted by molar-refractivity contribution is -0.160. The lowest BCUT2D eigenvalue weighted by Gasteiger charge is -2.59. The molecule has 2 aromatic rings. The van der Waals surface area contributed by atoms with Crippen molar-refractivity contribution >= 4 is 40.3 Å². The highest BCUT2D eigenvalue weighted by molar-refractivity contribution is 6.23. The first-order chi connectivity index (χ1) is 33.7. The van der Waals surface area contributed by atoms with E-state index in [1.807, 2.05) is 0 Å². The summed E-state index contributed by atoms with van der Waals surface area (Å²) < 4.78 is 24.0. The number of allylic oxidation sites excluding steroid dienone is 2. The topological polar surface area (TPSA) is 217 Å². The molecule has 6 N–H and O–H groups in total. The summed E-state index contributed by atoms with van der Waals surface area (Å²) in [5.74, 6) is -6.28. The number of amides is 1. The Morgan fingerprint density at radius 1 is 0.873 bits per heavy atom. The summed E-state index contributed by atoms with van der Waals surface area (Å²) in [6.45, 7) is 15.6. The van der Waals surface area contributed by atoms with Gasteiger partial charge in [0.2, 0.25) is 0 Å². The van der Waals surface area contributed by atoms with Gasteiger partial charge in [-0.2, -0.15) is 5.10 Å². The number of nitrogens with zero attached hydrogens (tertiary/aromatic N) is 2. The molecular formula is C56H79N3O12. The molecule has 7 aliphatic rings. The van der Waals surface area contributed by atoms with Crippen LogP contribution in [-0.4, -0.2) is 104 Å². The Morgan fingerprint density at radius 2 is 1.51 bits per heavy atom. The van der Waals surface area contributed by atoms with Crippen LogP contribution >= 0.6 is 0 Å². The molecule has 4 saturated carbocycles. The molecule has 9 unspecified atom stereocenters. The highest BCUT2D eigenvalue weighted by Crippen LogP contribution is 2.59. The Hall–Kier alpha value is -5.12. The number of ketones is 1. The normalized spacial score (nSPS) is 34.0. The smallest absolute Gasteiger partial charge is 0.312 e. The van der Waals surface area contributed by atoms with Crippen LogP contribution in [-0.2, 0) is 23.8 Å². The fourth-order valence-electron chi connectivity index (χ4n) is 12.8. The minimum atomic E-state index is -2.05. The third-order valence-corrected chi connectivity index (χ3v) is 16.6. The molecule has 15 heteroatoms. The van der Waals surface area contributed by atoms with E-state index in [1.165, 1.54) is 78.5 Å². The number of ether oxygens (including phenoxy) is 4. The van der Waals surface area contributed by atoms with Crippen LogP contribution in [0.4, 0.5) is 5.69 Å². The lowest BCUT2D eigenvalue weighted by atomic mass is 9.52. The van der Waals surface area contributed by atoms with Gasteiger partial charge in [0.25, 0.3) is 11.7 Å². The van der Waals surface area contributed by atoms with Crippen molar-refractivity contribution in [3.63, 3.8) is 0 Å². The highest BCUT2D eigenvalue weighted by Gasteiger charge is 2.54. The minimum Gasteiger partial charge on any atom is -0.507 e. The number of hydrazone groups is 1. The fraction of sp³-hybridized carbons (Fsp3) is 0.643. The van der Waals surface area contributed by atoms with Gasteiger partial charge in [-0.1, -0.05) is 85.0 Å². The molecule has 4 fully saturated rings. The number of unbranched alkanes of at least 4 members (excludes halogenated alkanes) is 5. The van der Waals surface area contributed by atoms with Gasteiger partial charge in [0.1, 0.15) is 23.4 Å². The Kier molecular flexibility index (Phi) is 16.6. The molecule has 9 bridgehead atoms. The molecule has 3 heterocycles. The van der Waals surface area contributed by atoms with E-state index in [0.717, 1.165) is 44.9 Å². The zero-order chi connectivity index (χ0) is 51.7. The number of carbonyl (C=O) groups is 3. The second kappa shape index (κ2) is 21.9. The number of phenols is 3. The number of phenolic OH excluding ortho intramolecular Hbond substituents is 3. The summed E-state index contributed by atoms with van der Waals surface area (Å²) in [6, 6.07) is 0. The Labute approximate surface area is 419 Å². The molecule has 390 valence electrons. The first-order valence-electron chi connectivity index (χ1n) is 26.1. The number of anilines is 1. The second-order valence-corrected chi connectivity index (χ2v) is 21.9. The van der Waals surface area contributed by atoms with Gasteiger partial charge < -0.3 is 49.8 Å². The summed E-state index contributed by atoms with van der Waals surface area (Å²) >= 11 is 0. The summed E-state index contributed by atoms with van der Waals surface area (Å²) in [6.07, 6.45) is 18.6. The fourth-order valence-corrected chi connectivity index (χ4v) is 12.8. The van der Waals surface area contributed by atoms with Crippen LogP contribution in [0, 0.1) is 48.3 Å². The number of aliphatic hydroxyl groups excluding tert-OH is 2. The van der Waals surface area contributed by atoms with E-state index in [4.69, 9.17) is 24.0 Å². The molecule has 9 rings (SSSR count). The number of carbonyl (C=O) groups excluding carboxylic acids is 3. The number of fused-ring (bicyclic) bond motifs is 14. The largest absolute Gasteiger partial charge is 0.507 e. The van der Waals surface area contributed by atoms with Crippen molar-refractivity contribution in [1.29, 1.82) is 0 Å². The molecule has 1 amide bonds. The highest BCUT2D eigenvalue weighted by atomic mass is 16.7. The maximum Gasteiger partial charge on any atom is 0.312 e. The number of rotatable bonds is 12. The van der Waals surface area contributed by atoms with E-state index < -0.39 is 88.8 Å². The molecule has 71 heavy (non-hydrogen) atoms. The quantitative estimate of drug-likeness (QED) is 0.0292. The summed E-state index contributed by atoms with van der Waals surface area (Å²) in [4.78, 5) is 41.5. The number of hydrogen-bond acceptors (Lipinski definition) is 14. The zero-order valence-electron chi connectivity index (χ0n) is 43.5. The molecule has 0 aromatic heterocycles. The van der Waals surface area contributed by atoms with E-state index in [1.54, 1.807) is 52.8 Å². The maximum absolute atomic E-state index is 14.8. The third kappa shape index (κ3) is 10.7. The van der Waals surface area contributed by atoms with Crippen molar-refractivity contribution in [1.82, 2.24) is 5.01 Å². The number of methoxy groups -OCH3 is 1. The first-order valence-corrected chi connectivity index (χ1v) is 26.1. The number of esters is 1. The minimum absolute atomic E-state index is 0.0655. The van der Waals surface area contributed by atoms with Crippen molar-refractivity contribution in [3.8, 4) is 23.0 Å². The van der Waals surface area contributed by atoms with E-state index in [9.17, 15) is 39.9 Å². The molecule has 0 spiro atoms. The predicted octanol–water partition coefficient (Wildman–Crippen LogP) is 9.72. The van der Waals surface area contributed by atoms with Gasteiger partial charge >= 0.3 is 11.8 Å². The average molecular weight is 986 g/mol. The van der Waals surface area contributed by atoms with Crippen molar-refractivity contribution in [2.75, 3.05) is 19.0 Å². The number of benzene rings is 2. The van der Waals surface area contributed by atoms with Gasteiger partial charge in [0, 0.05) is 67.7 Å². The summed E-state index contributed by atoms with van der Waals surface area (Å²) in [5, 5.41) is 69.9. The molecule has 0 saturated heterocycles. The van der Waals surface area contributed by atoms with Crippen LogP contribution in [0.5, 0.6) is 23.0 Å². The predicted molar refractivity (Wildman–Crippen MR) is 272 cm³/mol. The van der Waals surface area contributed by atoms with Gasteiger partial charge in [-0.25, -0.2) is 0 Å². The van der Waals surface area contributed by atoms with Gasteiger partial charge in [-0.15, -0.1) is 0 Å². The van der Waals surface area contributed by atoms with Crippen molar-refractivity contribution in [2.24, 2.45) is 46.5 Å². The third-order valence-electron chi connectivity index (χ3n) is 16.6. The van der Waals surface area contributed by atoms with Gasteiger partial charge in [-0.05, 0) is 82.6 Å². The zero-order valence-corrected chi connectivity index (χ0v) is 43.5. The van der Waals surface area contributed by atoms with E-state index in [0.29, 0.717) is 24.3 Å². The Morgan fingerprint density at radius 3 is 2.13 bits per heavy atom.